The van der Waals surface area contributed by atoms with E-state index in [0.717, 1.165) is 39.0 Å². The molecular formula is C42H27NOS. The van der Waals surface area contributed by atoms with Gasteiger partial charge in [-0.2, -0.15) is 0 Å². The third kappa shape index (κ3) is 4.32. The molecule has 2 heterocycles. The predicted octanol–water partition coefficient (Wildman–Crippen LogP) is 12.8. The molecule has 0 aliphatic carbocycles. The van der Waals surface area contributed by atoms with Crippen LogP contribution in [-0.2, 0) is 0 Å². The minimum atomic E-state index is 0.894. The minimum Gasteiger partial charge on any atom is -0.456 e. The molecule has 212 valence electrons. The van der Waals surface area contributed by atoms with E-state index in [-0.39, 0.29) is 0 Å². The summed E-state index contributed by atoms with van der Waals surface area (Å²) in [6, 6.07) is 58.4. The first-order valence-corrected chi connectivity index (χ1v) is 16.0. The minimum absolute atomic E-state index is 0.894. The summed E-state index contributed by atoms with van der Waals surface area (Å²) < 4.78 is 8.79. The van der Waals surface area contributed by atoms with Crippen LogP contribution in [0.4, 0.5) is 17.1 Å². The van der Waals surface area contributed by atoms with Gasteiger partial charge >= 0.3 is 0 Å². The van der Waals surface area contributed by atoms with Crippen LogP contribution in [0, 0.1) is 0 Å². The summed E-state index contributed by atoms with van der Waals surface area (Å²) in [5, 5.41) is 4.79. The van der Waals surface area contributed by atoms with Crippen LogP contribution in [0.2, 0.25) is 0 Å². The van der Waals surface area contributed by atoms with E-state index in [2.05, 4.69) is 157 Å². The number of nitrogens with zero attached hydrogens (tertiary/aromatic N) is 1. The summed E-state index contributed by atoms with van der Waals surface area (Å²) in [4.78, 5) is 2.41. The molecule has 0 fully saturated rings. The Kier molecular flexibility index (Phi) is 6.03. The van der Waals surface area contributed by atoms with Crippen molar-refractivity contribution in [2.45, 2.75) is 0 Å². The van der Waals surface area contributed by atoms with Crippen LogP contribution in [-0.4, -0.2) is 0 Å². The quantitative estimate of drug-likeness (QED) is 0.197. The second-order valence-electron chi connectivity index (χ2n) is 11.3. The van der Waals surface area contributed by atoms with E-state index in [0.29, 0.717) is 0 Å². The molecule has 0 atom stereocenters. The van der Waals surface area contributed by atoms with Gasteiger partial charge in [-0.25, -0.2) is 0 Å². The third-order valence-corrected chi connectivity index (χ3v) is 9.94. The van der Waals surface area contributed by atoms with E-state index in [9.17, 15) is 0 Å². The Labute approximate surface area is 265 Å². The van der Waals surface area contributed by atoms with Gasteiger partial charge in [0.2, 0.25) is 0 Å². The molecule has 0 bridgehead atoms. The van der Waals surface area contributed by atoms with Crippen LogP contribution in [0.5, 0.6) is 0 Å². The lowest BCUT2D eigenvalue weighted by Gasteiger charge is -2.26. The van der Waals surface area contributed by atoms with E-state index in [1.807, 2.05) is 23.5 Å². The molecule has 0 saturated carbocycles. The van der Waals surface area contributed by atoms with E-state index < -0.39 is 0 Å². The highest BCUT2D eigenvalue weighted by Crippen LogP contribution is 2.48. The average Bonchev–Trinajstić information content (AvgIpc) is 3.68. The standard InChI is InChI=1S/C42H27NOS/c1-3-12-28(13-4-1)30-16-9-17-31(26-30)43(32-24-25-40-37(27-32)34-18-7-8-23-39(34)44-40)38-22-11-21-36-35-20-10-19-33(41(35)45-42(36)38)29-14-5-2-6-15-29/h1-27H. The van der Waals surface area contributed by atoms with Gasteiger partial charge < -0.3 is 9.32 Å². The molecule has 9 aromatic rings. The number of hydrogen-bond acceptors (Lipinski definition) is 3. The summed E-state index contributed by atoms with van der Waals surface area (Å²) in [5.41, 5.74) is 10.0. The predicted molar refractivity (Wildman–Crippen MR) is 192 cm³/mol. The highest BCUT2D eigenvalue weighted by atomic mass is 32.1. The first kappa shape index (κ1) is 25.8. The number of para-hydroxylation sites is 1. The maximum absolute atomic E-state index is 6.22. The SMILES string of the molecule is c1ccc(-c2cccc(N(c3ccc4oc5ccccc5c4c3)c3cccc4c3sc3c(-c5ccccc5)cccc34)c2)cc1. The molecule has 7 aromatic carbocycles. The van der Waals surface area contributed by atoms with Crippen LogP contribution in [0.1, 0.15) is 0 Å². The smallest absolute Gasteiger partial charge is 0.135 e. The summed E-state index contributed by atoms with van der Waals surface area (Å²) in [6.45, 7) is 0. The van der Waals surface area contributed by atoms with Crippen LogP contribution in [0.15, 0.2) is 168 Å². The zero-order chi connectivity index (χ0) is 29.7. The lowest BCUT2D eigenvalue weighted by Crippen LogP contribution is -2.10. The van der Waals surface area contributed by atoms with E-state index in [1.165, 1.54) is 42.4 Å². The van der Waals surface area contributed by atoms with E-state index in [1.54, 1.807) is 0 Å². The zero-order valence-electron chi connectivity index (χ0n) is 24.4. The molecular weight excluding hydrogens is 567 g/mol. The van der Waals surface area contributed by atoms with Crippen molar-refractivity contribution in [3.8, 4) is 22.3 Å². The van der Waals surface area contributed by atoms with Gasteiger partial charge in [0.15, 0.2) is 0 Å². The summed E-state index contributed by atoms with van der Waals surface area (Å²) in [5.74, 6) is 0. The van der Waals surface area contributed by atoms with Crippen molar-refractivity contribution in [3.05, 3.63) is 164 Å². The fourth-order valence-corrected chi connectivity index (χ4v) is 7.90. The van der Waals surface area contributed by atoms with Crippen LogP contribution < -0.4 is 4.90 Å². The maximum atomic E-state index is 6.22. The molecule has 2 aromatic heterocycles. The van der Waals surface area contributed by atoms with Gasteiger partial charge in [-0.3, -0.25) is 0 Å². The molecule has 3 heteroatoms. The third-order valence-electron chi connectivity index (χ3n) is 8.66. The first-order chi connectivity index (χ1) is 22.3. The lowest BCUT2D eigenvalue weighted by atomic mass is 10.0. The summed E-state index contributed by atoms with van der Waals surface area (Å²) in [7, 11) is 0. The largest absolute Gasteiger partial charge is 0.456 e. The Morgan fingerprint density at radius 2 is 1.02 bits per heavy atom. The topological polar surface area (TPSA) is 16.4 Å². The van der Waals surface area contributed by atoms with Gasteiger partial charge in [0.25, 0.3) is 0 Å². The zero-order valence-corrected chi connectivity index (χ0v) is 25.2. The van der Waals surface area contributed by atoms with Gasteiger partial charge in [0.05, 0.1) is 10.4 Å². The van der Waals surface area contributed by atoms with Crippen LogP contribution in [0.3, 0.4) is 0 Å². The van der Waals surface area contributed by atoms with E-state index in [4.69, 9.17) is 4.42 Å². The first-order valence-electron chi connectivity index (χ1n) is 15.2. The molecule has 0 saturated heterocycles. The molecule has 0 radical (unpaired) electrons. The lowest BCUT2D eigenvalue weighted by molar-refractivity contribution is 0.669. The molecule has 0 aliphatic heterocycles. The summed E-state index contributed by atoms with van der Waals surface area (Å²) in [6.07, 6.45) is 0. The Morgan fingerprint density at radius 3 is 1.87 bits per heavy atom. The van der Waals surface area contributed by atoms with Gasteiger partial charge in [-0.15, -0.1) is 11.3 Å². The van der Waals surface area contributed by atoms with Crippen molar-refractivity contribution >= 4 is 70.5 Å². The molecule has 0 N–H and O–H groups in total. The van der Waals surface area contributed by atoms with Crippen molar-refractivity contribution in [2.24, 2.45) is 0 Å². The van der Waals surface area contributed by atoms with Crippen molar-refractivity contribution in [1.82, 2.24) is 0 Å². The number of fused-ring (bicyclic) bond motifs is 6. The molecule has 45 heavy (non-hydrogen) atoms. The van der Waals surface area contributed by atoms with Crippen LogP contribution >= 0.6 is 11.3 Å². The Bertz CT molecular complexity index is 2490. The molecule has 2 nitrogen and oxygen atoms in total. The fourth-order valence-electron chi connectivity index (χ4n) is 6.56. The van der Waals surface area contributed by atoms with Crippen molar-refractivity contribution in [1.29, 1.82) is 0 Å². The van der Waals surface area contributed by atoms with Crippen LogP contribution in [0.25, 0.3) is 64.4 Å². The Hall–Kier alpha value is -5.64. The monoisotopic (exact) mass is 593 g/mol. The van der Waals surface area contributed by atoms with Gasteiger partial charge in [0, 0.05) is 37.6 Å². The number of hydrogen-bond donors (Lipinski definition) is 0. The van der Waals surface area contributed by atoms with Crippen molar-refractivity contribution in [2.75, 3.05) is 4.90 Å². The van der Waals surface area contributed by atoms with E-state index >= 15 is 0 Å². The Morgan fingerprint density at radius 1 is 0.400 bits per heavy atom. The maximum Gasteiger partial charge on any atom is 0.135 e. The Balaban J connectivity index is 1.31. The number of furan rings is 1. The number of thiophene rings is 1. The molecule has 0 spiro atoms. The van der Waals surface area contributed by atoms with Gasteiger partial charge in [-0.1, -0.05) is 121 Å². The second-order valence-corrected chi connectivity index (χ2v) is 12.4. The molecule has 9 rings (SSSR count). The highest BCUT2D eigenvalue weighted by molar-refractivity contribution is 7.27. The summed E-state index contributed by atoms with van der Waals surface area (Å²) >= 11 is 1.88. The molecule has 0 aliphatic rings. The molecule has 0 amide bonds. The molecule has 0 unspecified atom stereocenters. The van der Waals surface area contributed by atoms with Crippen molar-refractivity contribution < 1.29 is 4.42 Å². The van der Waals surface area contributed by atoms with Crippen molar-refractivity contribution in [3.63, 3.8) is 0 Å². The fraction of sp³-hybridized carbons (Fsp3) is 0. The second kappa shape index (κ2) is 10.5. The number of rotatable bonds is 5. The number of benzene rings is 7. The highest BCUT2D eigenvalue weighted by Gasteiger charge is 2.21. The average molecular weight is 594 g/mol. The van der Waals surface area contributed by atoms with Gasteiger partial charge in [-0.05, 0) is 64.7 Å². The number of anilines is 3. The normalized spacial score (nSPS) is 11.6. The van der Waals surface area contributed by atoms with Gasteiger partial charge in [0.1, 0.15) is 11.2 Å².